The minimum Gasteiger partial charge on any atom is -0.267 e. The molecule has 0 unspecified atom stereocenters. The number of thiophene rings is 1. The van der Waals surface area contributed by atoms with Crippen LogP contribution in [0.25, 0.3) is 0 Å². The predicted molar refractivity (Wildman–Crippen MR) is 103 cm³/mol. The summed E-state index contributed by atoms with van der Waals surface area (Å²) in [5.74, 6) is -0.868. The average Bonchev–Trinajstić information content (AvgIpc) is 3.10. The fraction of sp³-hybridized carbons (Fsp3) is 0.333. The summed E-state index contributed by atoms with van der Waals surface area (Å²) in [6.45, 7) is 0. The molecule has 0 fully saturated rings. The molecule has 0 saturated carbocycles. The Morgan fingerprint density at radius 2 is 1.63 bits per heavy atom. The van der Waals surface area contributed by atoms with Gasteiger partial charge < -0.3 is 0 Å². The second-order valence-electron chi connectivity index (χ2n) is 6.49. The Labute approximate surface area is 162 Å². The van der Waals surface area contributed by atoms with Crippen LogP contribution in [-0.4, -0.2) is 38.6 Å². The first-order valence-electron chi connectivity index (χ1n) is 8.54. The summed E-state index contributed by atoms with van der Waals surface area (Å²) in [5.41, 5.74) is 6.25. The predicted octanol–water partition coefficient (Wildman–Crippen LogP) is 1.95. The Hall–Kier alpha value is -2.23. The Morgan fingerprint density at radius 1 is 1.00 bits per heavy atom. The molecule has 1 aliphatic carbocycles. The molecule has 1 aromatic carbocycles. The number of hydrogen-bond donors (Lipinski definition) is 2. The number of amides is 2. The van der Waals surface area contributed by atoms with Crippen LogP contribution >= 0.6 is 11.3 Å². The summed E-state index contributed by atoms with van der Waals surface area (Å²) in [4.78, 5) is 26.4. The number of hydrazine groups is 1. The van der Waals surface area contributed by atoms with Gasteiger partial charge in [-0.25, -0.2) is 12.7 Å². The van der Waals surface area contributed by atoms with Crippen LogP contribution in [0.15, 0.2) is 35.2 Å². The molecule has 0 spiro atoms. The van der Waals surface area contributed by atoms with Crippen molar-refractivity contribution in [2.75, 3.05) is 14.1 Å². The molecule has 0 saturated heterocycles. The van der Waals surface area contributed by atoms with E-state index in [1.165, 1.54) is 60.1 Å². The molecule has 2 aromatic rings. The summed E-state index contributed by atoms with van der Waals surface area (Å²) in [6, 6.07) is 7.42. The van der Waals surface area contributed by atoms with Crippen LogP contribution in [0.4, 0.5) is 0 Å². The van der Waals surface area contributed by atoms with Crippen molar-refractivity contribution in [2.45, 2.75) is 30.6 Å². The summed E-state index contributed by atoms with van der Waals surface area (Å²) in [5, 5.41) is 0. The smallest absolute Gasteiger partial charge is 0.267 e. The maximum absolute atomic E-state index is 12.3. The molecule has 144 valence electrons. The maximum Gasteiger partial charge on any atom is 0.279 e. The number of carbonyl (C=O) groups excluding carboxylic acids is 2. The number of aryl methyl sites for hydroxylation is 2. The molecule has 1 aromatic heterocycles. The number of benzene rings is 1. The van der Waals surface area contributed by atoms with Crippen molar-refractivity contribution in [3.63, 3.8) is 0 Å². The molecular weight excluding hydrogens is 386 g/mol. The fourth-order valence-corrected chi connectivity index (χ4v) is 4.89. The molecule has 0 radical (unpaired) electrons. The van der Waals surface area contributed by atoms with Crippen molar-refractivity contribution >= 4 is 33.2 Å². The topological polar surface area (TPSA) is 95.6 Å². The van der Waals surface area contributed by atoms with Gasteiger partial charge in [0.05, 0.1) is 9.77 Å². The third-order valence-electron chi connectivity index (χ3n) is 4.41. The Bertz CT molecular complexity index is 939. The van der Waals surface area contributed by atoms with Crippen LogP contribution < -0.4 is 10.9 Å². The number of rotatable bonds is 4. The van der Waals surface area contributed by atoms with Crippen molar-refractivity contribution in [3.8, 4) is 0 Å². The molecule has 27 heavy (non-hydrogen) atoms. The van der Waals surface area contributed by atoms with Crippen molar-refractivity contribution in [2.24, 2.45) is 0 Å². The van der Waals surface area contributed by atoms with Crippen LogP contribution in [-0.2, 0) is 22.9 Å². The van der Waals surface area contributed by atoms with Gasteiger partial charge in [0.2, 0.25) is 10.0 Å². The zero-order chi connectivity index (χ0) is 19.6. The lowest BCUT2D eigenvalue weighted by atomic mass is 9.99. The fourth-order valence-electron chi connectivity index (χ4n) is 2.84. The van der Waals surface area contributed by atoms with Crippen molar-refractivity contribution < 1.29 is 18.0 Å². The highest BCUT2D eigenvalue weighted by Gasteiger charge is 2.19. The van der Waals surface area contributed by atoms with E-state index in [0.29, 0.717) is 4.88 Å². The van der Waals surface area contributed by atoms with Gasteiger partial charge >= 0.3 is 0 Å². The first kappa shape index (κ1) is 19.5. The Kier molecular flexibility index (Phi) is 5.64. The number of nitrogens with one attached hydrogen (secondary N) is 2. The second-order valence-corrected chi connectivity index (χ2v) is 9.77. The zero-order valence-electron chi connectivity index (χ0n) is 15.1. The molecule has 0 atom stereocenters. The maximum atomic E-state index is 12.3. The monoisotopic (exact) mass is 407 g/mol. The van der Waals surface area contributed by atoms with E-state index in [0.717, 1.165) is 30.0 Å². The van der Waals surface area contributed by atoms with Gasteiger partial charge in [0, 0.05) is 24.5 Å². The van der Waals surface area contributed by atoms with E-state index in [9.17, 15) is 18.0 Å². The normalized spacial score (nSPS) is 13.9. The quantitative estimate of drug-likeness (QED) is 0.758. The highest BCUT2D eigenvalue weighted by molar-refractivity contribution is 7.89. The number of hydrogen-bond acceptors (Lipinski definition) is 5. The van der Waals surface area contributed by atoms with Crippen molar-refractivity contribution in [1.29, 1.82) is 0 Å². The Morgan fingerprint density at radius 3 is 2.26 bits per heavy atom. The minimum atomic E-state index is -3.55. The SMILES string of the molecule is CN(C)S(=O)(=O)c1ccc(C(=O)NNC(=O)c2cc3c(s2)CCCC3)cc1. The van der Waals surface area contributed by atoms with E-state index in [1.807, 2.05) is 6.07 Å². The van der Waals surface area contributed by atoms with E-state index < -0.39 is 15.9 Å². The molecule has 1 aliphatic rings. The van der Waals surface area contributed by atoms with E-state index in [2.05, 4.69) is 10.9 Å². The van der Waals surface area contributed by atoms with Crippen LogP contribution in [0.2, 0.25) is 0 Å². The first-order chi connectivity index (χ1) is 12.8. The van der Waals surface area contributed by atoms with Crippen LogP contribution in [0.3, 0.4) is 0 Å². The average molecular weight is 408 g/mol. The van der Waals surface area contributed by atoms with Gasteiger partial charge in [-0.05, 0) is 61.6 Å². The molecule has 0 aliphatic heterocycles. The second kappa shape index (κ2) is 7.79. The van der Waals surface area contributed by atoms with Crippen LogP contribution in [0.1, 0.15) is 43.3 Å². The largest absolute Gasteiger partial charge is 0.279 e. The zero-order valence-corrected chi connectivity index (χ0v) is 16.7. The Balaban J connectivity index is 1.62. The third-order valence-corrected chi connectivity index (χ3v) is 7.47. The number of sulfonamides is 1. The molecule has 0 bridgehead atoms. The lowest BCUT2D eigenvalue weighted by Crippen LogP contribution is -2.41. The van der Waals surface area contributed by atoms with Gasteiger partial charge in [-0.2, -0.15) is 0 Å². The molecule has 7 nitrogen and oxygen atoms in total. The lowest BCUT2D eigenvalue weighted by Gasteiger charge is -2.11. The molecule has 2 N–H and O–H groups in total. The number of nitrogens with zero attached hydrogens (tertiary/aromatic N) is 1. The molecule has 2 amide bonds. The first-order valence-corrected chi connectivity index (χ1v) is 10.8. The highest BCUT2D eigenvalue weighted by atomic mass is 32.2. The van der Waals surface area contributed by atoms with E-state index in [-0.39, 0.29) is 16.4 Å². The van der Waals surface area contributed by atoms with E-state index >= 15 is 0 Å². The van der Waals surface area contributed by atoms with Gasteiger partial charge in [-0.15, -0.1) is 11.3 Å². The van der Waals surface area contributed by atoms with Crippen molar-refractivity contribution in [3.05, 3.63) is 51.2 Å². The van der Waals surface area contributed by atoms with Crippen LogP contribution in [0, 0.1) is 0 Å². The van der Waals surface area contributed by atoms with Gasteiger partial charge in [-0.1, -0.05) is 0 Å². The number of carbonyl (C=O) groups is 2. The summed E-state index contributed by atoms with van der Waals surface area (Å²) >= 11 is 1.46. The standard InChI is InChI=1S/C18H21N3O4S2/c1-21(2)27(24,25)14-9-7-12(8-10-14)17(22)19-20-18(23)16-11-13-5-3-4-6-15(13)26-16/h7-11H,3-6H2,1-2H3,(H,19,22)(H,20,23). The molecule has 9 heteroatoms. The van der Waals surface area contributed by atoms with E-state index in [4.69, 9.17) is 0 Å². The minimum absolute atomic E-state index is 0.0947. The third kappa shape index (κ3) is 4.20. The van der Waals surface area contributed by atoms with Gasteiger partial charge in [0.25, 0.3) is 11.8 Å². The van der Waals surface area contributed by atoms with Crippen LogP contribution in [0.5, 0.6) is 0 Å². The summed E-state index contributed by atoms with van der Waals surface area (Å²) in [7, 11) is -0.673. The lowest BCUT2D eigenvalue weighted by molar-refractivity contribution is 0.0849. The van der Waals surface area contributed by atoms with Crippen molar-refractivity contribution in [1.82, 2.24) is 15.2 Å². The van der Waals surface area contributed by atoms with Gasteiger partial charge in [0.15, 0.2) is 0 Å². The highest BCUT2D eigenvalue weighted by Crippen LogP contribution is 2.29. The van der Waals surface area contributed by atoms with Gasteiger partial charge in [0.1, 0.15) is 0 Å². The van der Waals surface area contributed by atoms with E-state index in [1.54, 1.807) is 0 Å². The summed E-state index contributed by atoms with van der Waals surface area (Å²) in [6.07, 6.45) is 4.28. The molecule has 3 rings (SSSR count). The van der Waals surface area contributed by atoms with Gasteiger partial charge in [-0.3, -0.25) is 20.4 Å². The molecular formula is C18H21N3O4S2. The molecule has 1 heterocycles. The number of fused-ring (bicyclic) bond motifs is 1. The summed E-state index contributed by atoms with van der Waals surface area (Å²) < 4.78 is 25.2.